The first-order chi connectivity index (χ1) is 7.11. The highest BCUT2D eigenvalue weighted by Gasteiger charge is 2.29. The largest absolute Gasteiger partial charge is 0.381 e. The first-order valence-corrected chi connectivity index (χ1v) is 7.97. The molecule has 0 aliphatic heterocycles. The summed E-state index contributed by atoms with van der Waals surface area (Å²) in [5.74, 6) is 0. The van der Waals surface area contributed by atoms with Crippen molar-refractivity contribution in [2.75, 3.05) is 14.1 Å². The van der Waals surface area contributed by atoms with Gasteiger partial charge in [0.1, 0.15) is 0 Å². The quantitative estimate of drug-likeness (QED) is 0.687. The van der Waals surface area contributed by atoms with Crippen molar-refractivity contribution in [2.45, 2.75) is 18.6 Å². The maximum Gasteiger partial charge on any atom is 0.0575 e. The second-order valence-corrected chi connectivity index (χ2v) is 7.33. The molecule has 1 aliphatic carbocycles. The minimum Gasteiger partial charge on any atom is -0.381 e. The van der Waals surface area contributed by atoms with Crippen LogP contribution in [-0.4, -0.2) is 27.8 Å². The summed E-state index contributed by atoms with van der Waals surface area (Å²) in [4.78, 5) is 2.27. The molecule has 79 valence electrons. The maximum absolute atomic E-state index is 2.40. The van der Waals surface area contributed by atoms with Gasteiger partial charge < -0.3 is 4.90 Å². The Balaban J connectivity index is 2.47. The number of allylic oxidation sites excluding steroid dienone is 1. The van der Waals surface area contributed by atoms with Gasteiger partial charge in [0.25, 0.3) is 0 Å². The Hall–Kier alpha value is -1.02. The second kappa shape index (κ2) is 3.85. The van der Waals surface area contributed by atoms with Gasteiger partial charge in [-0.2, -0.15) is 0 Å². The third-order valence-electron chi connectivity index (χ3n) is 3.00. The van der Waals surface area contributed by atoms with Crippen LogP contribution < -0.4 is 0 Å². The van der Waals surface area contributed by atoms with Crippen LogP contribution in [-0.2, 0) is 0 Å². The van der Waals surface area contributed by atoms with E-state index in [4.69, 9.17) is 0 Å². The Bertz CT molecular complexity index is 393. The number of rotatable bonds is 2. The lowest BCUT2D eigenvalue weighted by molar-refractivity contribution is 0.500. The van der Waals surface area contributed by atoms with Crippen molar-refractivity contribution in [1.29, 1.82) is 0 Å². The molecule has 1 aliphatic rings. The molecule has 15 heavy (non-hydrogen) atoms. The van der Waals surface area contributed by atoms with E-state index in [1.165, 1.54) is 16.8 Å². The molecule has 2 rings (SSSR count). The summed E-state index contributed by atoms with van der Waals surface area (Å²) < 4.78 is 0. The van der Waals surface area contributed by atoms with E-state index >= 15 is 0 Å². The van der Waals surface area contributed by atoms with Gasteiger partial charge in [-0.25, -0.2) is 0 Å². The fourth-order valence-electron chi connectivity index (χ4n) is 2.30. The minimum absolute atomic E-state index is 0.327. The van der Waals surface area contributed by atoms with E-state index in [2.05, 4.69) is 62.4 Å². The zero-order valence-electron chi connectivity index (χ0n) is 9.91. The van der Waals surface area contributed by atoms with Crippen LogP contribution in [0.5, 0.6) is 0 Å². The molecule has 1 aromatic carbocycles. The molecule has 0 fully saturated rings. The third kappa shape index (κ3) is 1.74. The van der Waals surface area contributed by atoms with Crippen LogP contribution >= 0.6 is 0 Å². The van der Waals surface area contributed by atoms with Gasteiger partial charge in [0.05, 0.1) is 8.80 Å². The van der Waals surface area contributed by atoms with Crippen molar-refractivity contribution in [3.8, 4) is 0 Å². The normalized spacial score (nSPS) is 19.0. The van der Waals surface area contributed by atoms with Gasteiger partial charge in [-0.05, 0) is 17.2 Å². The molecule has 1 aromatic rings. The lowest BCUT2D eigenvalue weighted by Crippen LogP contribution is -2.24. The van der Waals surface area contributed by atoms with Crippen LogP contribution in [0.3, 0.4) is 0 Å². The van der Waals surface area contributed by atoms with Crippen molar-refractivity contribution in [1.82, 2.24) is 4.90 Å². The Morgan fingerprint density at radius 3 is 2.40 bits per heavy atom. The van der Waals surface area contributed by atoms with E-state index in [1.54, 1.807) is 0 Å². The molecule has 1 nitrogen and oxygen atoms in total. The van der Waals surface area contributed by atoms with Crippen LogP contribution in [0, 0.1) is 0 Å². The summed E-state index contributed by atoms with van der Waals surface area (Å²) in [6, 6.07) is 8.79. The molecule has 0 aromatic heterocycles. The minimum atomic E-state index is -0.327. The van der Waals surface area contributed by atoms with E-state index in [0.717, 1.165) is 0 Å². The van der Waals surface area contributed by atoms with E-state index < -0.39 is 0 Å². The monoisotopic (exact) mass is 216 g/mol. The highest BCUT2D eigenvalue weighted by Crippen LogP contribution is 2.38. The summed E-state index contributed by atoms with van der Waals surface area (Å²) in [5.41, 5.74) is 5.09. The standard InChI is InChI=1S/C13H18NSi/c1-14(2)12-9-10-7-5-6-8-11(10)13(12)15(3)4/h5-9,13H,1-4H3. The number of hydrogen-bond donors (Lipinski definition) is 0. The van der Waals surface area contributed by atoms with Crippen molar-refractivity contribution < 1.29 is 0 Å². The van der Waals surface area contributed by atoms with Gasteiger partial charge in [0, 0.05) is 25.3 Å². The van der Waals surface area contributed by atoms with E-state index in [-0.39, 0.29) is 8.80 Å². The summed E-state index contributed by atoms with van der Waals surface area (Å²) in [7, 11) is 3.97. The molecular weight excluding hydrogens is 198 g/mol. The Morgan fingerprint density at radius 1 is 1.13 bits per heavy atom. The van der Waals surface area contributed by atoms with Gasteiger partial charge in [-0.15, -0.1) is 0 Å². The lowest BCUT2D eigenvalue weighted by atomic mass is 10.1. The number of likely N-dealkylation sites (N-methyl/N-ethyl adjacent to an activating group) is 1. The third-order valence-corrected chi connectivity index (χ3v) is 4.76. The van der Waals surface area contributed by atoms with E-state index in [1.807, 2.05) is 0 Å². The number of fused-ring (bicyclic) bond motifs is 1. The summed E-state index contributed by atoms with van der Waals surface area (Å²) in [5, 5.41) is 0. The number of hydrogen-bond acceptors (Lipinski definition) is 1. The zero-order chi connectivity index (χ0) is 11.0. The molecule has 0 heterocycles. The lowest BCUT2D eigenvalue weighted by Gasteiger charge is -2.25. The summed E-state index contributed by atoms with van der Waals surface area (Å²) in [6.45, 7) is 4.80. The molecule has 0 N–H and O–H groups in total. The average Bonchev–Trinajstić information content (AvgIpc) is 2.56. The number of nitrogens with zero attached hydrogens (tertiary/aromatic N) is 1. The van der Waals surface area contributed by atoms with Crippen LogP contribution in [0.25, 0.3) is 6.08 Å². The van der Waals surface area contributed by atoms with Gasteiger partial charge in [0.2, 0.25) is 0 Å². The van der Waals surface area contributed by atoms with Crippen LogP contribution in [0.2, 0.25) is 13.1 Å². The molecule has 0 spiro atoms. The molecule has 2 heteroatoms. The van der Waals surface area contributed by atoms with Gasteiger partial charge >= 0.3 is 0 Å². The smallest absolute Gasteiger partial charge is 0.0575 e. The molecule has 1 atom stereocenters. The Kier molecular flexibility index (Phi) is 2.70. The Morgan fingerprint density at radius 2 is 1.80 bits per heavy atom. The fourth-order valence-corrected chi connectivity index (χ4v) is 4.12. The van der Waals surface area contributed by atoms with Crippen LogP contribution in [0.15, 0.2) is 30.0 Å². The zero-order valence-corrected chi connectivity index (χ0v) is 10.9. The number of benzene rings is 1. The maximum atomic E-state index is 2.40. The molecule has 0 amide bonds. The molecular formula is C13H18NSi. The highest BCUT2D eigenvalue weighted by molar-refractivity contribution is 6.58. The molecule has 1 unspecified atom stereocenters. The van der Waals surface area contributed by atoms with Crippen molar-refractivity contribution >= 4 is 14.9 Å². The average molecular weight is 216 g/mol. The predicted octanol–water partition coefficient (Wildman–Crippen LogP) is 2.98. The molecule has 0 bridgehead atoms. The molecule has 0 saturated heterocycles. The highest BCUT2D eigenvalue weighted by atomic mass is 28.3. The summed E-state index contributed by atoms with van der Waals surface area (Å²) >= 11 is 0. The molecule has 1 radical (unpaired) electrons. The van der Waals surface area contributed by atoms with Crippen molar-refractivity contribution in [2.24, 2.45) is 0 Å². The molecule has 0 saturated carbocycles. The summed E-state index contributed by atoms with van der Waals surface area (Å²) in [6.07, 6.45) is 2.34. The van der Waals surface area contributed by atoms with Crippen LogP contribution in [0.4, 0.5) is 0 Å². The Labute approximate surface area is 94.0 Å². The van der Waals surface area contributed by atoms with Gasteiger partial charge in [-0.1, -0.05) is 37.4 Å². The first-order valence-electron chi connectivity index (χ1n) is 5.39. The fraction of sp³-hybridized carbons (Fsp3) is 0.385. The second-order valence-electron chi connectivity index (χ2n) is 4.60. The SMILES string of the molecule is CN(C)C1=Cc2ccccc2C1[Si](C)C. The van der Waals surface area contributed by atoms with Crippen LogP contribution in [0.1, 0.15) is 16.7 Å². The van der Waals surface area contributed by atoms with E-state index in [9.17, 15) is 0 Å². The predicted molar refractivity (Wildman–Crippen MR) is 68.3 cm³/mol. The van der Waals surface area contributed by atoms with Crippen molar-refractivity contribution in [3.05, 3.63) is 41.1 Å². The first kappa shape index (κ1) is 10.5. The van der Waals surface area contributed by atoms with E-state index in [0.29, 0.717) is 5.54 Å². The van der Waals surface area contributed by atoms with Gasteiger partial charge in [0.15, 0.2) is 0 Å². The van der Waals surface area contributed by atoms with Gasteiger partial charge in [-0.3, -0.25) is 0 Å². The topological polar surface area (TPSA) is 3.24 Å². The van der Waals surface area contributed by atoms with Crippen molar-refractivity contribution in [3.63, 3.8) is 0 Å².